The van der Waals surface area contributed by atoms with Crippen LogP contribution in [0.3, 0.4) is 0 Å². The molecule has 6 nitrogen and oxygen atoms in total. The number of carbonyl (C=O) groups excluding carboxylic acids is 1. The number of rotatable bonds is 9. The standard InChI is InChI=1S/C27H25FN4O2S/c1-2-34-21-16-12-19(13-17-21)25-30-31-27(32(25)23-11-7-6-10-22(23)28)35-24(18-8-4-3-5-9-18)26(33)29-20-14-15-20/h3-13,16-17,20,24H,2,14-15H2,1H3,(H,29,33). The Bertz CT molecular complexity index is 1310. The number of hydrogen-bond acceptors (Lipinski definition) is 5. The first-order valence-corrected chi connectivity index (χ1v) is 12.5. The van der Waals surface area contributed by atoms with Gasteiger partial charge >= 0.3 is 0 Å². The highest BCUT2D eigenvalue weighted by atomic mass is 32.2. The van der Waals surface area contributed by atoms with Gasteiger partial charge in [-0.25, -0.2) is 4.39 Å². The molecule has 1 fully saturated rings. The van der Waals surface area contributed by atoms with Crippen molar-refractivity contribution < 1.29 is 13.9 Å². The topological polar surface area (TPSA) is 69.0 Å². The number of aromatic nitrogens is 3. The molecule has 0 bridgehead atoms. The zero-order valence-corrected chi connectivity index (χ0v) is 20.0. The van der Waals surface area contributed by atoms with Crippen molar-refractivity contribution in [3.05, 3.63) is 90.2 Å². The fourth-order valence-corrected chi connectivity index (χ4v) is 4.82. The number of nitrogens with one attached hydrogen (secondary N) is 1. The minimum absolute atomic E-state index is 0.0885. The van der Waals surface area contributed by atoms with Gasteiger partial charge in [0.15, 0.2) is 11.0 Å². The zero-order chi connectivity index (χ0) is 24.2. The van der Waals surface area contributed by atoms with Crippen LogP contribution in [-0.4, -0.2) is 33.3 Å². The van der Waals surface area contributed by atoms with E-state index in [9.17, 15) is 4.79 Å². The molecule has 1 N–H and O–H groups in total. The predicted octanol–water partition coefficient (Wildman–Crippen LogP) is 5.58. The minimum Gasteiger partial charge on any atom is -0.494 e. The molecule has 5 rings (SSSR count). The van der Waals surface area contributed by atoms with E-state index in [4.69, 9.17) is 4.74 Å². The Balaban J connectivity index is 1.57. The molecule has 1 aliphatic rings. The van der Waals surface area contributed by atoms with Crippen molar-refractivity contribution in [3.63, 3.8) is 0 Å². The average molecular weight is 489 g/mol. The quantitative estimate of drug-likeness (QED) is 0.311. The molecule has 0 spiro atoms. The van der Waals surface area contributed by atoms with Crippen LogP contribution >= 0.6 is 11.8 Å². The molecule has 35 heavy (non-hydrogen) atoms. The number of thioether (sulfide) groups is 1. The van der Waals surface area contributed by atoms with Crippen LogP contribution in [0.4, 0.5) is 4.39 Å². The van der Waals surface area contributed by atoms with E-state index in [0.717, 1.165) is 29.7 Å². The molecule has 1 aromatic heterocycles. The molecule has 1 heterocycles. The van der Waals surface area contributed by atoms with Crippen molar-refractivity contribution in [2.24, 2.45) is 0 Å². The fourth-order valence-electron chi connectivity index (χ4n) is 3.76. The molecular weight excluding hydrogens is 463 g/mol. The van der Waals surface area contributed by atoms with E-state index in [1.807, 2.05) is 61.5 Å². The Morgan fingerprint density at radius 2 is 1.77 bits per heavy atom. The van der Waals surface area contributed by atoms with Gasteiger partial charge in [-0.3, -0.25) is 9.36 Å². The van der Waals surface area contributed by atoms with Crippen LogP contribution in [0.5, 0.6) is 5.75 Å². The van der Waals surface area contributed by atoms with Gasteiger partial charge in [-0.05, 0) is 61.7 Å². The third kappa shape index (κ3) is 5.22. The Kier molecular flexibility index (Phi) is 6.81. The summed E-state index contributed by atoms with van der Waals surface area (Å²) in [6.07, 6.45) is 1.98. The molecule has 1 unspecified atom stereocenters. The first kappa shape index (κ1) is 23.1. The van der Waals surface area contributed by atoms with Gasteiger partial charge in [0.1, 0.15) is 16.8 Å². The van der Waals surface area contributed by atoms with E-state index >= 15 is 4.39 Å². The molecular formula is C27H25FN4O2S. The SMILES string of the molecule is CCOc1ccc(-c2nnc(SC(C(=O)NC3CC3)c3ccccc3)n2-c2ccccc2F)cc1. The second-order valence-corrected chi connectivity index (χ2v) is 9.31. The second kappa shape index (κ2) is 10.3. The lowest BCUT2D eigenvalue weighted by Crippen LogP contribution is -2.30. The molecule has 1 aliphatic carbocycles. The van der Waals surface area contributed by atoms with Crippen LogP contribution < -0.4 is 10.1 Å². The number of ether oxygens (including phenoxy) is 1. The van der Waals surface area contributed by atoms with E-state index in [1.54, 1.807) is 22.8 Å². The van der Waals surface area contributed by atoms with Crippen LogP contribution in [0.25, 0.3) is 17.1 Å². The summed E-state index contributed by atoms with van der Waals surface area (Å²) >= 11 is 1.26. The molecule has 4 aromatic rings. The number of para-hydroxylation sites is 1. The summed E-state index contributed by atoms with van der Waals surface area (Å²) in [5, 5.41) is 11.8. The van der Waals surface area contributed by atoms with Gasteiger partial charge in [-0.15, -0.1) is 10.2 Å². The van der Waals surface area contributed by atoms with Crippen molar-refractivity contribution in [3.8, 4) is 22.8 Å². The smallest absolute Gasteiger partial charge is 0.238 e. The lowest BCUT2D eigenvalue weighted by Gasteiger charge is -2.18. The predicted molar refractivity (Wildman–Crippen MR) is 134 cm³/mol. The number of benzene rings is 3. The van der Waals surface area contributed by atoms with Crippen LogP contribution in [0.2, 0.25) is 0 Å². The molecule has 1 saturated carbocycles. The Labute approximate surface area is 207 Å². The van der Waals surface area contributed by atoms with E-state index in [-0.39, 0.29) is 11.9 Å². The highest BCUT2D eigenvalue weighted by Gasteiger charge is 2.31. The molecule has 3 aromatic carbocycles. The molecule has 8 heteroatoms. The lowest BCUT2D eigenvalue weighted by molar-refractivity contribution is -0.120. The lowest BCUT2D eigenvalue weighted by atomic mass is 10.1. The summed E-state index contributed by atoms with van der Waals surface area (Å²) in [5.41, 5.74) is 1.93. The molecule has 0 radical (unpaired) electrons. The third-order valence-electron chi connectivity index (χ3n) is 5.64. The fraction of sp³-hybridized carbons (Fsp3) is 0.222. The Morgan fingerprint density at radius 3 is 2.46 bits per heavy atom. The number of halogens is 1. The van der Waals surface area contributed by atoms with Gasteiger partial charge in [0.2, 0.25) is 5.91 Å². The maximum absolute atomic E-state index is 15.0. The summed E-state index contributed by atoms with van der Waals surface area (Å²) < 4.78 is 22.2. The van der Waals surface area contributed by atoms with Crippen molar-refractivity contribution in [2.75, 3.05) is 6.61 Å². The van der Waals surface area contributed by atoms with Crippen LogP contribution in [0.1, 0.15) is 30.6 Å². The number of hydrogen-bond donors (Lipinski definition) is 1. The summed E-state index contributed by atoms with van der Waals surface area (Å²) in [6.45, 7) is 2.49. The van der Waals surface area contributed by atoms with Gasteiger partial charge < -0.3 is 10.1 Å². The average Bonchev–Trinajstić information content (AvgIpc) is 3.60. The Morgan fingerprint density at radius 1 is 1.06 bits per heavy atom. The number of carbonyl (C=O) groups is 1. The second-order valence-electron chi connectivity index (χ2n) is 8.24. The highest BCUT2D eigenvalue weighted by Crippen LogP contribution is 2.38. The van der Waals surface area contributed by atoms with E-state index in [1.165, 1.54) is 17.8 Å². The summed E-state index contributed by atoms with van der Waals surface area (Å²) in [7, 11) is 0. The molecule has 1 amide bonds. The summed E-state index contributed by atoms with van der Waals surface area (Å²) in [5.74, 6) is 0.730. The van der Waals surface area contributed by atoms with Crippen molar-refractivity contribution >= 4 is 17.7 Å². The third-order valence-corrected chi connectivity index (χ3v) is 6.83. The van der Waals surface area contributed by atoms with Crippen LogP contribution in [0, 0.1) is 5.82 Å². The van der Waals surface area contributed by atoms with Gasteiger partial charge in [-0.2, -0.15) is 0 Å². The van der Waals surface area contributed by atoms with Crippen LogP contribution in [-0.2, 0) is 4.79 Å². The van der Waals surface area contributed by atoms with Gasteiger partial charge in [0.25, 0.3) is 0 Å². The van der Waals surface area contributed by atoms with Gasteiger partial charge in [0, 0.05) is 11.6 Å². The van der Waals surface area contributed by atoms with Gasteiger partial charge in [0.05, 0.1) is 12.3 Å². The zero-order valence-electron chi connectivity index (χ0n) is 19.2. The maximum Gasteiger partial charge on any atom is 0.238 e. The van der Waals surface area contributed by atoms with Crippen molar-refractivity contribution in [1.82, 2.24) is 20.1 Å². The highest BCUT2D eigenvalue weighted by molar-refractivity contribution is 8.00. The monoisotopic (exact) mass is 488 g/mol. The van der Waals surface area contributed by atoms with E-state index < -0.39 is 11.1 Å². The molecule has 1 atom stereocenters. The first-order chi connectivity index (χ1) is 17.1. The minimum atomic E-state index is -0.556. The summed E-state index contributed by atoms with van der Waals surface area (Å²) in [4.78, 5) is 13.2. The van der Waals surface area contributed by atoms with Gasteiger partial charge in [-0.1, -0.05) is 54.2 Å². The van der Waals surface area contributed by atoms with E-state index in [0.29, 0.717) is 23.3 Å². The van der Waals surface area contributed by atoms with Crippen LogP contribution in [0.15, 0.2) is 84.0 Å². The van der Waals surface area contributed by atoms with E-state index in [2.05, 4.69) is 15.5 Å². The summed E-state index contributed by atoms with van der Waals surface area (Å²) in [6, 6.07) is 23.7. The number of amides is 1. The molecule has 0 aliphatic heterocycles. The normalized spacial score (nSPS) is 13.9. The molecule has 178 valence electrons. The van der Waals surface area contributed by atoms with Crippen molar-refractivity contribution in [1.29, 1.82) is 0 Å². The largest absolute Gasteiger partial charge is 0.494 e. The van der Waals surface area contributed by atoms with Crippen molar-refractivity contribution in [2.45, 2.75) is 36.2 Å². The first-order valence-electron chi connectivity index (χ1n) is 11.6. The molecule has 0 saturated heterocycles. The number of nitrogens with zero attached hydrogens (tertiary/aromatic N) is 3. The maximum atomic E-state index is 15.0. The Hall–Kier alpha value is -3.65.